The summed E-state index contributed by atoms with van der Waals surface area (Å²) in [4.78, 5) is 0. The summed E-state index contributed by atoms with van der Waals surface area (Å²) in [5.74, 6) is 0.702. The van der Waals surface area contributed by atoms with Gasteiger partial charge in [-0.15, -0.1) is 0 Å². The molecule has 0 aromatic heterocycles. The predicted octanol–water partition coefficient (Wildman–Crippen LogP) is 6.20. The molecule has 32 heavy (non-hydrogen) atoms. The molecule has 4 aromatic rings. The Labute approximate surface area is 197 Å². The summed E-state index contributed by atoms with van der Waals surface area (Å²) in [5, 5.41) is 10.7. The van der Waals surface area contributed by atoms with Gasteiger partial charge in [0.15, 0.2) is 0 Å². The summed E-state index contributed by atoms with van der Waals surface area (Å²) in [5.41, 5.74) is 2.14. The van der Waals surface area contributed by atoms with E-state index in [1.165, 1.54) is 0 Å². The van der Waals surface area contributed by atoms with Gasteiger partial charge in [0.05, 0.1) is 6.61 Å². The maximum absolute atomic E-state index is 10.7. The second-order valence-corrected chi connectivity index (χ2v) is 8.42. The quantitative estimate of drug-likeness (QED) is 0.285. The number of hydrogen-bond donors (Lipinski definition) is 1. The fourth-order valence-electron chi connectivity index (χ4n) is 3.76. The number of halogens is 1. The van der Waals surface area contributed by atoms with Gasteiger partial charge >= 0.3 is 0 Å². The fraction of sp³-hybridized carbons (Fsp3) is 0.143. The zero-order valence-corrected chi connectivity index (χ0v) is 19.2. The van der Waals surface area contributed by atoms with Crippen LogP contribution in [-0.2, 0) is 10.3 Å². The molecular weight excluding hydrogens is 464 g/mol. The van der Waals surface area contributed by atoms with E-state index < -0.39 is 11.7 Å². The molecule has 0 fully saturated rings. The Morgan fingerprint density at radius 1 is 0.625 bits per heavy atom. The smallest absolute Gasteiger partial charge is 0.143 e. The van der Waals surface area contributed by atoms with E-state index in [0.29, 0.717) is 5.75 Å². The van der Waals surface area contributed by atoms with Crippen LogP contribution in [-0.4, -0.2) is 24.4 Å². The van der Waals surface area contributed by atoms with E-state index in [2.05, 4.69) is 52.3 Å². The van der Waals surface area contributed by atoms with Crippen molar-refractivity contribution in [2.75, 3.05) is 13.2 Å². The molecule has 0 aliphatic heterocycles. The van der Waals surface area contributed by atoms with E-state index >= 15 is 0 Å². The van der Waals surface area contributed by atoms with Crippen molar-refractivity contribution in [3.8, 4) is 5.75 Å². The molecule has 4 heteroatoms. The lowest BCUT2D eigenvalue weighted by Crippen LogP contribution is -2.37. The van der Waals surface area contributed by atoms with Crippen LogP contribution in [0.25, 0.3) is 0 Å². The Kier molecular flexibility index (Phi) is 7.38. The van der Waals surface area contributed by atoms with E-state index in [4.69, 9.17) is 9.47 Å². The second-order valence-electron chi connectivity index (χ2n) is 7.51. The molecule has 162 valence electrons. The topological polar surface area (TPSA) is 38.7 Å². The SMILES string of the molecule is OC(COc1ccc(Br)cc1)COC(c1ccccc1)(c1ccccc1)c1ccccc1. The molecule has 0 heterocycles. The Balaban J connectivity index is 1.63. The van der Waals surface area contributed by atoms with Gasteiger partial charge in [0.2, 0.25) is 0 Å². The summed E-state index contributed by atoms with van der Waals surface area (Å²) in [6.07, 6.45) is -0.797. The molecule has 0 saturated heterocycles. The van der Waals surface area contributed by atoms with Crippen molar-refractivity contribution in [1.82, 2.24) is 0 Å². The molecule has 1 N–H and O–H groups in total. The van der Waals surface area contributed by atoms with Crippen molar-refractivity contribution >= 4 is 15.9 Å². The minimum absolute atomic E-state index is 0.106. The van der Waals surface area contributed by atoms with Gasteiger partial charge < -0.3 is 14.6 Å². The standard InChI is InChI=1S/C28H25BrO3/c29-25-16-18-27(19-17-25)31-20-26(30)21-32-28(22-10-4-1-5-11-22,23-12-6-2-7-13-23)24-14-8-3-9-15-24/h1-19,26,30H,20-21H2. The molecule has 1 atom stereocenters. The first-order valence-corrected chi connectivity index (χ1v) is 11.3. The maximum atomic E-state index is 10.7. The minimum Gasteiger partial charge on any atom is -0.491 e. The van der Waals surface area contributed by atoms with Crippen molar-refractivity contribution in [1.29, 1.82) is 0 Å². The number of rotatable bonds is 9. The number of ether oxygens (including phenoxy) is 2. The van der Waals surface area contributed by atoms with Crippen LogP contribution in [0.4, 0.5) is 0 Å². The van der Waals surface area contributed by atoms with Crippen LogP contribution in [0.15, 0.2) is 120 Å². The number of aliphatic hydroxyl groups excluding tert-OH is 1. The summed E-state index contributed by atoms with van der Waals surface area (Å²) < 4.78 is 13.4. The van der Waals surface area contributed by atoms with Gasteiger partial charge in [-0.05, 0) is 41.0 Å². The Hall–Kier alpha value is -2.92. The third-order valence-electron chi connectivity index (χ3n) is 5.29. The molecule has 1 unspecified atom stereocenters. The van der Waals surface area contributed by atoms with E-state index in [0.717, 1.165) is 21.2 Å². The zero-order chi connectivity index (χ0) is 22.2. The molecule has 4 rings (SSSR count). The minimum atomic E-state index is -0.859. The van der Waals surface area contributed by atoms with Gasteiger partial charge in [0.1, 0.15) is 24.1 Å². The molecule has 0 aliphatic rings. The van der Waals surface area contributed by atoms with Crippen LogP contribution in [0.1, 0.15) is 16.7 Å². The lowest BCUT2D eigenvalue weighted by molar-refractivity contribution is -0.0493. The van der Waals surface area contributed by atoms with E-state index in [-0.39, 0.29) is 13.2 Å². The molecule has 3 nitrogen and oxygen atoms in total. The molecule has 0 radical (unpaired) electrons. The van der Waals surface area contributed by atoms with Gasteiger partial charge in [-0.1, -0.05) is 107 Å². The zero-order valence-electron chi connectivity index (χ0n) is 17.6. The summed E-state index contributed by atoms with van der Waals surface area (Å²) in [6, 6.07) is 37.9. The fourth-order valence-corrected chi connectivity index (χ4v) is 4.03. The first-order chi connectivity index (χ1) is 15.7. The van der Waals surface area contributed by atoms with Crippen LogP contribution < -0.4 is 4.74 Å². The largest absolute Gasteiger partial charge is 0.491 e. The molecule has 4 aromatic carbocycles. The highest BCUT2D eigenvalue weighted by Crippen LogP contribution is 2.40. The van der Waals surface area contributed by atoms with Crippen molar-refractivity contribution < 1.29 is 14.6 Å². The molecule has 0 aliphatic carbocycles. The van der Waals surface area contributed by atoms with Gasteiger partial charge in [-0.2, -0.15) is 0 Å². The molecule has 0 bridgehead atoms. The highest BCUT2D eigenvalue weighted by Gasteiger charge is 2.38. The van der Waals surface area contributed by atoms with Crippen LogP contribution >= 0.6 is 15.9 Å². The van der Waals surface area contributed by atoms with Crippen LogP contribution in [0, 0.1) is 0 Å². The number of hydrogen-bond acceptors (Lipinski definition) is 3. The van der Waals surface area contributed by atoms with E-state index in [9.17, 15) is 5.11 Å². The van der Waals surface area contributed by atoms with Crippen molar-refractivity contribution in [2.45, 2.75) is 11.7 Å². The Bertz CT molecular complexity index is 987. The predicted molar refractivity (Wildman–Crippen MR) is 131 cm³/mol. The van der Waals surface area contributed by atoms with Gasteiger partial charge in [0, 0.05) is 4.47 Å². The maximum Gasteiger partial charge on any atom is 0.143 e. The van der Waals surface area contributed by atoms with Crippen LogP contribution in [0.5, 0.6) is 5.75 Å². The van der Waals surface area contributed by atoms with Crippen molar-refractivity contribution in [3.05, 3.63) is 136 Å². The average molecular weight is 489 g/mol. The highest BCUT2D eigenvalue weighted by molar-refractivity contribution is 9.10. The number of benzene rings is 4. The summed E-state index contributed by atoms with van der Waals surface area (Å²) in [7, 11) is 0. The van der Waals surface area contributed by atoms with Gasteiger partial charge in [0.25, 0.3) is 0 Å². The molecule has 0 saturated carbocycles. The monoisotopic (exact) mass is 488 g/mol. The van der Waals surface area contributed by atoms with Gasteiger partial charge in [-0.25, -0.2) is 0 Å². The average Bonchev–Trinajstić information content (AvgIpc) is 2.86. The lowest BCUT2D eigenvalue weighted by Gasteiger charge is -2.36. The summed E-state index contributed by atoms with van der Waals surface area (Å²) in [6.45, 7) is 0.241. The second kappa shape index (κ2) is 10.6. The van der Waals surface area contributed by atoms with Gasteiger partial charge in [-0.3, -0.25) is 0 Å². The third kappa shape index (κ3) is 5.10. The van der Waals surface area contributed by atoms with Crippen molar-refractivity contribution in [3.63, 3.8) is 0 Å². The van der Waals surface area contributed by atoms with E-state index in [1.807, 2.05) is 78.9 Å². The normalized spacial score (nSPS) is 12.3. The Morgan fingerprint density at radius 3 is 1.50 bits per heavy atom. The first kappa shape index (κ1) is 22.3. The molecule has 0 amide bonds. The van der Waals surface area contributed by atoms with Crippen LogP contribution in [0.3, 0.4) is 0 Å². The Morgan fingerprint density at radius 2 is 1.06 bits per heavy atom. The van der Waals surface area contributed by atoms with Crippen molar-refractivity contribution in [2.24, 2.45) is 0 Å². The molecular formula is C28H25BrO3. The summed E-state index contributed by atoms with van der Waals surface area (Å²) >= 11 is 3.41. The lowest BCUT2D eigenvalue weighted by atomic mass is 9.80. The first-order valence-electron chi connectivity index (χ1n) is 10.6. The van der Waals surface area contributed by atoms with Crippen LogP contribution in [0.2, 0.25) is 0 Å². The molecule has 0 spiro atoms. The van der Waals surface area contributed by atoms with E-state index in [1.54, 1.807) is 0 Å². The third-order valence-corrected chi connectivity index (χ3v) is 5.82. The highest BCUT2D eigenvalue weighted by atomic mass is 79.9. The number of aliphatic hydroxyl groups is 1.